The molecular weight excluding hydrogens is 296 g/mol. The molecule has 2 aliphatic carbocycles. The van der Waals surface area contributed by atoms with Crippen LogP contribution in [-0.4, -0.2) is 4.83 Å². The fraction of sp³-hybridized carbons (Fsp3) is 0.600. The molecule has 0 amide bonds. The second-order valence-corrected chi connectivity index (χ2v) is 7.15. The highest BCUT2D eigenvalue weighted by Gasteiger charge is 2.53. The lowest BCUT2D eigenvalue weighted by Crippen LogP contribution is -2.07. The first kappa shape index (κ1) is 12.0. The molecule has 1 aromatic rings. The van der Waals surface area contributed by atoms with Crippen LogP contribution in [0.5, 0.6) is 0 Å². The van der Waals surface area contributed by atoms with E-state index in [-0.39, 0.29) is 0 Å². The lowest BCUT2D eigenvalue weighted by atomic mass is 10.0. The van der Waals surface area contributed by atoms with Gasteiger partial charge in [0.15, 0.2) is 0 Å². The maximum atomic E-state index is 6.03. The number of hydrogen-bond acceptors (Lipinski definition) is 0. The summed E-state index contributed by atoms with van der Waals surface area (Å²) in [5.41, 5.74) is 1.36. The molecule has 0 nitrogen and oxygen atoms in total. The lowest BCUT2D eigenvalue weighted by Gasteiger charge is -2.09. The number of fused-ring (bicyclic) bond motifs is 1. The summed E-state index contributed by atoms with van der Waals surface area (Å²) in [7, 11) is 0. The molecule has 92 valence electrons. The second-order valence-electron chi connectivity index (χ2n) is 5.54. The van der Waals surface area contributed by atoms with E-state index in [1.165, 1.54) is 31.2 Å². The van der Waals surface area contributed by atoms with Crippen LogP contribution in [0.25, 0.3) is 0 Å². The maximum absolute atomic E-state index is 6.03. The van der Waals surface area contributed by atoms with Gasteiger partial charge in [-0.1, -0.05) is 52.5 Å². The van der Waals surface area contributed by atoms with Crippen molar-refractivity contribution in [2.75, 3.05) is 0 Å². The molecule has 2 fully saturated rings. The van der Waals surface area contributed by atoms with E-state index in [1.807, 2.05) is 6.07 Å². The van der Waals surface area contributed by atoms with Gasteiger partial charge in [0.25, 0.3) is 0 Å². The van der Waals surface area contributed by atoms with Crippen LogP contribution in [0.15, 0.2) is 24.3 Å². The summed E-state index contributed by atoms with van der Waals surface area (Å²) in [6.07, 6.45) is 6.96. The molecule has 3 unspecified atom stereocenters. The van der Waals surface area contributed by atoms with E-state index >= 15 is 0 Å². The first-order chi connectivity index (χ1) is 8.25. The number of rotatable bonds is 3. The van der Waals surface area contributed by atoms with Crippen LogP contribution >= 0.6 is 27.5 Å². The molecule has 2 aliphatic rings. The average Bonchev–Trinajstić information content (AvgIpc) is 3.03. The van der Waals surface area contributed by atoms with Gasteiger partial charge >= 0.3 is 0 Å². The molecule has 2 heteroatoms. The molecule has 0 spiro atoms. The predicted molar refractivity (Wildman–Crippen MR) is 76.8 cm³/mol. The van der Waals surface area contributed by atoms with Gasteiger partial charge in [0.1, 0.15) is 0 Å². The first-order valence-electron chi connectivity index (χ1n) is 6.64. The fourth-order valence-corrected chi connectivity index (χ4v) is 4.98. The van der Waals surface area contributed by atoms with Crippen molar-refractivity contribution in [1.82, 2.24) is 0 Å². The molecule has 0 bridgehead atoms. The number of alkyl halides is 1. The molecule has 0 aliphatic heterocycles. The molecule has 0 N–H and O–H groups in total. The Bertz CT molecular complexity index is 392. The predicted octanol–water partition coefficient (Wildman–Crippen LogP) is 5.08. The van der Waals surface area contributed by atoms with Gasteiger partial charge in [0, 0.05) is 9.85 Å². The molecule has 3 atom stereocenters. The summed E-state index contributed by atoms with van der Waals surface area (Å²) >= 11 is 9.94. The summed E-state index contributed by atoms with van der Waals surface area (Å²) in [6, 6.07) is 8.29. The van der Waals surface area contributed by atoms with E-state index in [1.54, 1.807) is 0 Å². The first-order valence-corrected chi connectivity index (χ1v) is 7.93. The van der Waals surface area contributed by atoms with Gasteiger partial charge in [0.05, 0.1) is 0 Å². The normalized spacial score (nSPS) is 32.9. The summed E-state index contributed by atoms with van der Waals surface area (Å²) < 4.78 is 0. The molecule has 0 aromatic heterocycles. The van der Waals surface area contributed by atoms with Crippen molar-refractivity contribution in [2.24, 2.45) is 17.8 Å². The van der Waals surface area contributed by atoms with E-state index < -0.39 is 0 Å². The largest absolute Gasteiger partial charge is 0.0884 e. The Morgan fingerprint density at radius 2 is 1.94 bits per heavy atom. The highest BCUT2D eigenvalue weighted by atomic mass is 79.9. The molecule has 0 radical (unpaired) electrons. The molecule has 3 rings (SSSR count). The second kappa shape index (κ2) is 4.93. The third-order valence-corrected chi connectivity index (χ3v) is 5.63. The van der Waals surface area contributed by atoms with Crippen molar-refractivity contribution in [1.29, 1.82) is 0 Å². The highest BCUT2D eigenvalue weighted by Crippen LogP contribution is 2.58. The fourth-order valence-electron chi connectivity index (χ4n) is 3.61. The van der Waals surface area contributed by atoms with E-state index in [4.69, 9.17) is 11.6 Å². The third kappa shape index (κ3) is 2.56. The number of halogens is 2. The van der Waals surface area contributed by atoms with Gasteiger partial charge in [0.2, 0.25) is 0 Å². The highest BCUT2D eigenvalue weighted by molar-refractivity contribution is 9.09. The minimum Gasteiger partial charge on any atom is -0.0884 e. The summed E-state index contributed by atoms with van der Waals surface area (Å²) in [5, 5.41) is 0.857. The Morgan fingerprint density at radius 1 is 1.24 bits per heavy atom. The van der Waals surface area contributed by atoms with Gasteiger partial charge in [-0.15, -0.1) is 0 Å². The zero-order chi connectivity index (χ0) is 11.8. The van der Waals surface area contributed by atoms with Gasteiger partial charge in [-0.3, -0.25) is 0 Å². The molecule has 0 saturated heterocycles. The number of hydrogen-bond donors (Lipinski definition) is 0. The monoisotopic (exact) mass is 312 g/mol. The maximum Gasteiger partial charge on any atom is 0.0408 e. The zero-order valence-corrected chi connectivity index (χ0v) is 12.3. The Labute approximate surface area is 117 Å². The van der Waals surface area contributed by atoms with Crippen LogP contribution in [0.4, 0.5) is 0 Å². The minimum atomic E-state index is 0.647. The SMILES string of the molecule is Clc1cccc(CC(Br)C2C3CCCCC32)c1. The summed E-state index contributed by atoms with van der Waals surface area (Å²) in [6.45, 7) is 0. The molecule has 2 saturated carbocycles. The van der Waals surface area contributed by atoms with Crippen LogP contribution in [0.2, 0.25) is 5.02 Å². The Morgan fingerprint density at radius 3 is 2.59 bits per heavy atom. The van der Waals surface area contributed by atoms with Crippen LogP contribution in [0, 0.1) is 17.8 Å². The molecule has 17 heavy (non-hydrogen) atoms. The topological polar surface area (TPSA) is 0 Å². The molecule has 0 heterocycles. The van der Waals surface area contributed by atoms with E-state index in [0.29, 0.717) is 4.83 Å². The van der Waals surface area contributed by atoms with Crippen molar-refractivity contribution < 1.29 is 0 Å². The van der Waals surface area contributed by atoms with Crippen LogP contribution in [0.3, 0.4) is 0 Å². The minimum absolute atomic E-state index is 0.647. The van der Waals surface area contributed by atoms with Gasteiger partial charge in [-0.05, 0) is 54.7 Å². The third-order valence-electron chi connectivity index (χ3n) is 4.46. The quantitative estimate of drug-likeness (QED) is 0.682. The van der Waals surface area contributed by atoms with E-state index in [0.717, 1.165) is 29.2 Å². The molecular formula is C15H18BrCl. The Kier molecular flexibility index (Phi) is 3.49. The van der Waals surface area contributed by atoms with Gasteiger partial charge in [-0.2, -0.15) is 0 Å². The summed E-state index contributed by atoms with van der Waals surface area (Å²) in [4.78, 5) is 0.647. The zero-order valence-electron chi connectivity index (χ0n) is 9.91. The van der Waals surface area contributed by atoms with E-state index in [2.05, 4.69) is 34.1 Å². The van der Waals surface area contributed by atoms with Crippen LogP contribution in [0.1, 0.15) is 31.2 Å². The van der Waals surface area contributed by atoms with E-state index in [9.17, 15) is 0 Å². The van der Waals surface area contributed by atoms with Crippen molar-refractivity contribution in [3.63, 3.8) is 0 Å². The number of benzene rings is 1. The Hall–Kier alpha value is -0.0100. The molecule has 1 aromatic carbocycles. The lowest BCUT2D eigenvalue weighted by molar-refractivity contribution is 0.480. The Balaban J connectivity index is 1.62. The van der Waals surface area contributed by atoms with Crippen molar-refractivity contribution >= 4 is 27.5 Å². The van der Waals surface area contributed by atoms with Gasteiger partial charge < -0.3 is 0 Å². The van der Waals surface area contributed by atoms with Crippen molar-refractivity contribution in [3.05, 3.63) is 34.9 Å². The average molecular weight is 314 g/mol. The smallest absolute Gasteiger partial charge is 0.0408 e. The standard InChI is InChI=1S/C15H18BrCl/c16-14(9-10-4-3-5-11(17)8-10)15-12-6-1-2-7-13(12)15/h3-5,8,12-15H,1-2,6-7,9H2. The van der Waals surface area contributed by atoms with Gasteiger partial charge in [-0.25, -0.2) is 0 Å². The summed E-state index contributed by atoms with van der Waals surface area (Å²) in [5.74, 6) is 2.97. The van der Waals surface area contributed by atoms with Crippen LogP contribution < -0.4 is 0 Å². The van der Waals surface area contributed by atoms with Crippen LogP contribution in [-0.2, 0) is 6.42 Å². The van der Waals surface area contributed by atoms with Crippen molar-refractivity contribution in [3.8, 4) is 0 Å². The van der Waals surface area contributed by atoms with Crippen molar-refractivity contribution in [2.45, 2.75) is 36.9 Å².